The summed E-state index contributed by atoms with van der Waals surface area (Å²) in [6.07, 6.45) is 8.66. The van der Waals surface area contributed by atoms with Gasteiger partial charge in [-0.25, -0.2) is 23.1 Å². The molecule has 2 aromatic carbocycles. The number of aliphatic hydroxyl groups excluding tert-OH is 1. The van der Waals surface area contributed by atoms with E-state index in [0.717, 1.165) is 69.7 Å². The number of pyridine rings is 1. The zero-order valence-electron chi connectivity index (χ0n) is 52.4. The second-order valence-corrected chi connectivity index (χ2v) is 28.9. The summed E-state index contributed by atoms with van der Waals surface area (Å²) in [6, 6.07) is 16.4. The number of benzene rings is 2. The Labute approximate surface area is 519 Å². The highest BCUT2D eigenvalue weighted by atomic mass is 32.2. The summed E-state index contributed by atoms with van der Waals surface area (Å²) in [7, 11) is 0.875. The fourth-order valence-corrected chi connectivity index (χ4v) is 15.5. The lowest BCUT2D eigenvalue weighted by Gasteiger charge is -2.48. The molecule has 3 aliphatic rings. The standard InChI is InChI=1S/C64H84N14O8S2/c1-12-64(32-41-26-37(2)27-42(29-41)33-64)36-78-40(5)47(34-65-78)45-22-24-52(75(9)53-28-38(3)57(72-71-53)70-62-67-48-18-15-16-19-51(48)87-62)68-55(45)59(82)74-88(84,85)25-17-13-14-20-54(80)69-56(63(6,7)8)61(83)77-35-44(79)31-50(77)58(81)66-39(4)43-21-23-49-46(30-43)60(86-11)73-76(49)10/h15-16,18-19,21-24,28,30,34,37,39,41-42,44,50,56,79H,12-14,17,20,25-27,29,31-33,35-36H2,1-11H3,(H,66,81)(H,69,80)(H,74,82)(H,67,70,72)/t37?,39?,41?,42?,44-,50+,56-,64?/m1/s1. The minimum Gasteiger partial charge on any atom is -0.479 e. The van der Waals surface area contributed by atoms with Crippen molar-refractivity contribution < 1.29 is 37.4 Å². The largest absolute Gasteiger partial charge is 0.479 e. The predicted molar refractivity (Wildman–Crippen MR) is 341 cm³/mol. The maximum atomic E-state index is 14.6. The number of amides is 4. The van der Waals surface area contributed by atoms with Gasteiger partial charge in [0.15, 0.2) is 16.8 Å². The highest BCUT2D eigenvalue weighted by Crippen LogP contribution is 2.53. The number of para-hydroxylation sites is 1. The van der Waals surface area contributed by atoms with Crippen molar-refractivity contribution in [2.75, 3.05) is 36.7 Å². The Morgan fingerprint density at radius 3 is 2.38 bits per heavy atom. The van der Waals surface area contributed by atoms with E-state index in [9.17, 15) is 32.7 Å². The molecular weight excluding hydrogens is 1160 g/mol. The smallest absolute Gasteiger partial charge is 0.284 e. The van der Waals surface area contributed by atoms with Crippen LogP contribution in [0.1, 0.15) is 146 Å². The Kier molecular flexibility index (Phi) is 18.7. The number of carbonyl (C=O) groups is 4. The molecule has 88 heavy (non-hydrogen) atoms. The van der Waals surface area contributed by atoms with Gasteiger partial charge in [-0.3, -0.25) is 28.5 Å². The zero-order valence-corrected chi connectivity index (χ0v) is 54.0. The number of nitrogens with one attached hydrogen (secondary N) is 4. The fraction of sp³-hybridized carbons (Fsp3) is 0.531. The molecule has 1 saturated heterocycles. The number of sulfonamides is 1. The van der Waals surface area contributed by atoms with Crippen molar-refractivity contribution in [1.82, 2.24) is 60.0 Å². The van der Waals surface area contributed by atoms with Gasteiger partial charge in [-0.2, -0.15) is 5.10 Å². The second-order valence-electron chi connectivity index (χ2n) is 26.0. The van der Waals surface area contributed by atoms with Crippen LogP contribution in [0, 0.1) is 42.4 Å². The van der Waals surface area contributed by atoms with Gasteiger partial charge in [-0.1, -0.05) is 70.6 Å². The molecule has 0 radical (unpaired) electrons. The van der Waals surface area contributed by atoms with Crippen LogP contribution in [0.4, 0.5) is 22.6 Å². The summed E-state index contributed by atoms with van der Waals surface area (Å²) in [6.45, 7) is 16.5. The number of thiazole rings is 1. The van der Waals surface area contributed by atoms with Crippen molar-refractivity contribution in [3.8, 4) is 17.0 Å². The normalized spacial score (nSPS) is 21.0. The van der Waals surface area contributed by atoms with Crippen LogP contribution in [0.5, 0.6) is 5.88 Å². The SMILES string of the molecule is CCC1(Cn2ncc(-c3ccc(N(C)c4cc(C)c(Nc5nc6ccccc6s5)nn4)nc3C(=O)NS(=O)(=O)CCCCCC(=O)N[C@H](C(=O)N3C[C@H](O)C[C@H]3C(=O)NC(C)c3ccc4c(c3)c(OC)nn4C)C(C)(C)C)c2C)CC2CC(C)CC(C2)C1. The number of aryl methyl sites for hydroxylation is 2. The molecule has 6 atom stereocenters. The number of aromatic nitrogens is 8. The number of rotatable bonds is 22. The third-order valence-electron chi connectivity index (χ3n) is 18.2. The van der Waals surface area contributed by atoms with Crippen molar-refractivity contribution >= 4 is 88.7 Å². The van der Waals surface area contributed by atoms with Gasteiger partial charge in [0.1, 0.15) is 23.6 Å². The summed E-state index contributed by atoms with van der Waals surface area (Å²) in [5, 5.41) is 39.8. The number of anilines is 4. The lowest BCUT2D eigenvalue weighted by Crippen LogP contribution is -2.57. The van der Waals surface area contributed by atoms with Crippen LogP contribution in [0.3, 0.4) is 0 Å². The van der Waals surface area contributed by atoms with E-state index in [2.05, 4.69) is 54.8 Å². The molecule has 5 aromatic heterocycles. The Balaban J connectivity index is 0.790. The van der Waals surface area contributed by atoms with E-state index >= 15 is 0 Å². The van der Waals surface area contributed by atoms with E-state index in [1.807, 2.05) is 102 Å². The number of fused-ring (bicyclic) bond motifs is 4. The van der Waals surface area contributed by atoms with Gasteiger partial charge in [-0.05, 0) is 154 Å². The minimum atomic E-state index is -4.24. The van der Waals surface area contributed by atoms with Crippen LogP contribution in [-0.2, 0) is 38.0 Å². The van der Waals surface area contributed by atoms with E-state index < -0.39 is 69.0 Å². The van der Waals surface area contributed by atoms with Gasteiger partial charge >= 0.3 is 0 Å². The average Bonchev–Trinajstić information content (AvgIpc) is 1.61. The van der Waals surface area contributed by atoms with Crippen LogP contribution in [0.15, 0.2) is 66.9 Å². The molecule has 2 aliphatic carbocycles. The molecule has 3 fully saturated rings. The molecule has 6 heterocycles. The number of nitrogens with zero attached hydrogens (tertiary/aromatic N) is 10. The van der Waals surface area contributed by atoms with E-state index in [1.54, 1.807) is 42.1 Å². The number of methoxy groups -OCH3 is 1. The first-order chi connectivity index (χ1) is 41.8. The molecule has 1 aliphatic heterocycles. The summed E-state index contributed by atoms with van der Waals surface area (Å²) in [4.78, 5) is 69.1. The third-order valence-corrected chi connectivity index (χ3v) is 20.5. The van der Waals surface area contributed by atoms with Crippen molar-refractivity contribution in [2.45, 2.75) is 157 Å². The van der Waals surface area contributed by atoms with Crippen LogP contribution in [-0.4, -0.2) is 126 Å². The molecular formula is C64H84N14O8S2. The summed E-state index contributed by atoms with van der Waals surface area (Å²) >= 11 is 1.51. The first-order valence-electron chi connectivity index (χ1n) is 30.7. The van der Waals surface area contributed by atoms with Crippen molar-refractivity contribution in [2.24, 2.45) is 35.6 Å². The number of likely N-dealkylation sites (tertiary alicyclic amines) is 1. The fourth-order valence-electron chi connectivity index (χ4n) is 13.6. The van der Waals surface area contributed by atoms with Crippen LogP contribution in [0.25, 0.3) is 32.2 Å². The molecule has 7 aromatic rings. The van der Waals surface area contributed by atoms with E-state index in [0.29, 0.717) is 57.8 Å². The van der Waals surface area contributed by atoms with Crippen molar-refractivity contribution in [3.63, 3.8) is 0 Å². The number of hydrogen-bond acceptors (Lipinski definition) is 17. The van der Waals surface area contributed by atoms with Gasteiger partial charge in [-0.15, -0.1) is 15.3 Å². The number of carbonyl (C=O) groups excluding carboxylic acids is 4. The molecule has 4 amide bonds. The lowest BCUT2D eigenvalue weighted by atomic mass is 9.58. The highest BCUT2D eigenvalue weighted by molar-refractivity contribution is 7.90. The molecule has 22 nitrogen and oxygen atoms in total. The van der Waals surface area contributed by atoms with Crippen LogP contribution >= 0.6 is 11.3 Å². The van der Waals surface area contributed by atoms with Gasteiger partial charge in [0.05, 0.1) is 52.3 Å². The third kappa shape index (κ3) is 14.0. The molecule has 2 bridgehead atoms. The Morgan fingerprint density at radius 2 is 1.67 bits per heavy atom. The van der Waals surface area contributed by atoms with E-state index in [1.165, 1.54) is 35.5 Å². The number of β-amino-alcohol motifs (C(OH)–C–C–N with tert-alkyl or cyclic N) is 1. The monoisotopic (exact) mass is 1240 g/mol. The molecule has 3 unspecified atom stereocenters. The Bertz CT molecular complexity index is 3800. The number of aliphatic hydroxyl groups is 1. The molecule has 2 saturated carbocycles. The highest BCUT2D eigenvalue weighted by Gasteiger charge is 2.46. The van der Waals surface area contributed by atoms with Crippen molar-refractivity contribution in [1.29, 1.82) is 0 Å². The van der Waals surface area contributed by atoms with E-state index in [-0.39, 0.29) is 43.3 Å². The summed E-state index contributed by atoms with van der Waals surface area (Å²) < 4.78 is 40.3. The average molecular weight is 1240 g/mol. The quantitative estimate of drug-likeness (QED) is 0.0395. The molecule has 5 N–H and O–H groups in total. The minimum absolute atomic E-state index is 0.0188. The van der Waals surface area contributed by atoms with Gasteiger partial charge in [0.2, 0.25) is 33.6 Å². The van der Waals surface area contributed by atoms with Crippen LogP contribution < -0.4 is 30.3 Å². The number of unbranched alkanes of at least 4 members (excludes halogenated alkanes) is 2. The maximum Gasteiger partial charge on any atom is 0.284 e. The maximum absolute atomic E-state index is 14.6. The predicted octanol–water partition coefficient (Wildman–Crippen LogP) is 9.60. The first-order valence-corrected chi connectivity index (χ1v) is 33.2. The molecule has 24 heteroatoms. The molecule has 10 rings (SSSR count). The van der Waals surface area contributed by atoms with Gasteiger partial charge in [0, 0.05) is 56.8 Å². The van der Waals surface area contributed by atoms with Crippen LogP contribution in [0.2, 0.25) is 0 Å². The lowest BCUT2D eigenvalue weighted by molar-refractivity contribution is -0.144. The number of ether oxygens (including phenoxy) is 1. The summed E-state index contributed by atoms with van der Waals surface area (Å²) in [5.41, 5.74) is 4.45. The van der Waals surface area contributed by atoms with E-state index in [4.69, 9.17) is 14.8 Å². The van der Waals surface area contributed by atoms with Gasteiger partial charge in [0.25, 0.3) is 5.91 Å². The van der Waals surface area contributed by atoms with Gasteiger partial charge < -0.3 is 35.6 Å². The van der Waals surface area contributed by atoms with Crippen molar-refractivity contribution in [3.05, 3.63) is 89.4 Å². The first kappa shape index (κ1) is 63.4. The Morgan fingerprint density at radius 1 is 0.920 bits per heavy atom. The second kappa shape index (κ2) is 25.9. The topological polar surface area (TPSA) is 274 Å². The molecule has 0 spiro atoms. The summed E-state index contributed by atoms with van der Waals surface area (Å²) in [5.74, 6) is 1.19. The zero-order chi connectivity index (χ0) is 63.0. The Hall–Kier alpha value is -7.57. The molecule has 470 valence electrons. The number of hydrogen-bond donors (Lipinski definition) is 5.